The van der Waals surface area contributed by atoms with E-state index in [-0.39, 0.29) is 4.60 Å². The molecule has 0 fully saturated rings. The molecular formula is C7H6BrF2N. The Bertz CT molecular complexity index is 461. The summed E-state index contributed by atoms with van der Waals surface area (Å²) in [5, 5.41) is 0. The van der Waals surface area contributed by atoms with Gasteiger partial charge in [0.2, 0.25) is 0 Å². The van der Waals surface area contributed by atoms with Crippen molar-refractivity contribution in [2.24, 2.45) is 0 Å². The van der Waals surface area contributed by atoms with Gasteiger partial charge in [-0.05, 0) is 28.0 Å². The maximum Gasteiger partial charge on any atom is 0.272 e. The first kappa shape index (κ1) is 3.47. The van der Waals surface area contributed by atoms with E-state index in [1.54, 1.807) is 0 Å². The molecule has 0 saturated carbocycles. The van der Waals surface area contributed by atoms with Gasteiger partial charge in [0.1, 0.15) is 4.60 Å². The van der Waals surface area contributed by atoms with E-state index in [1.807, 2.05) is 0 Å². The lowest BCUT2D eigenvalue weighted by atomic mass is 10.2. The van der Waals surface area contributed by atoms with Gasteiger partial charge in [-0.25, -0.2) is 13.8 Å². The molecule has 1 aromatic rings. The molecule has 0 saturated heterocycles. The van der Waals surface area contributed by atoms with Crippen molar-refractivity contribution < 1.29 is 17.0 Å². The van der Waals surface area contributed by atoms with Crippen LogP contribution in [-0.4, -0.2) is 4.98 Å². The quantitative estimate of drug-likeness (QED) is 0.673. The fraction of sp³-hybridized carbons (Fsp3) is 0.286. The van der Waals surface area contributed by atoms with E-state index in [0.29, 0.717) is 0 Å². The minimum atomic E-state index is -4.38. The Morgan fingerprint density at radius 2 is 2.45 bits per heavy atom. The van der Waals surface area contributed by atoms with Crippen LogP contribution in [-0.2, 0) is 5.92 Å². The van der Waals surface area contributed by atoms with Crippen LogP contribution in [0.25, 0.3) is 0 Å². The predicted octanol–water partition coefficient (Wildman–Crippen LogP) is 2.96. The van der Waals surface area contributed by atoms with Gasteiger partial charge in [0.25, 0.3) is 5.92 Å². The summed E-state index contributed by atoms with van der Waals surface area (Å²) in [7, 11) is 0. The highest BCUT2D eigenvalue weighted by Crippen LogP contribution is 2.26. The molecule has 0 spiro atoms. The number of hydrogen-bond donors (Lipinski definition) is 0. The van der Waals surface area contributed by atoms with E-state index in [4.69, 9.17) is 8.22 Å². The lowest BCUT2D eigenvalue weighted by Gasteiger charge is -2.08. The summed E-state index contributed by atoms with van der Waals surface area (Å²) < 4.78 is 68.8. The van der Waals surface area contributed by atoms with Gasteiger partial charge in [-0.1, -0.05) is 0 Å². The summed E-state index contributed by atoms with van der Waals surface area (Å²) in [5.74, 6) is -4.38. The zero-order chi connectivity index (χ0) is 13.6. The average molecular weight is 228 g/mol. The molecule has 1 nitrogen and oxygen atoms in total. The first-order valence-electron chi connectivity index (χ1n) is 5.51. The second-order valence-electron chi connectivity index (χ2n) is 1.71. The van der Waals surface area contributed by atoms with Crippen LogP contribution in [0.4, 0.5) is 8.78 Å². The molecule has 11 heavy (non-hydrogen) atoms. The summed E-state index contributed by atoms with van der Waals surface area (Å²) in [5.41, 5.74) is -1.36. The third-order valence-corrected chi connectivity index (χ3v) is 1.25. The topological polar surface area (TPSA) is 12.9 Å². The van der Waals surface area contributed by atoms with Crippen LogP contribution >= 0.6 is 15.9 Å². The Morgan fingerprint density at radius 1 is 1.73 bits per heavy atom. The second kappa shape index (κ2) is 2.85. The number of halogens is 3. The van der Waals surface area contributed by atoms with E-state index in [1.165, 1.54) is 0 Å². The summed E-state index contributed by atoms with van der Waals surface area (Å²) in [6.07, 6.45) is -1.03. The van der Waals surface area contributed by atoms with Crippen molar-refractivity contribution in [1.82, 2.24) is 4.98 Å². The molecule has 0 bridgehead atoms. The summed E-state index contributed by atoms with van der Waals surface area (Å²) in [4.78, 5) is 3.26. The van der Waals surface area contributed by atoms with Crippen LogP contribution in [0.15, 0.2) is 22.9 Å². The highest BCUT2D eigenvalue weighted by Gasteiger charge is 2.23. The normalized spacial score (nSPS) is 20.6. The van der Waals surface area contributed by atoms with Gasteiger partial charge in [-0.2, -0.15) is 0 Å². The highest BCUT2D eigenvalue weighted by atomic mass is 79.9. The van der Waals surface area contributed by atoms with Gasteiger partial charge in [0.15, 0.2) is 0 Å². The van der Waals surface area contributed by atoms with Crippen molar-refractivity contribution in [1.29, 1.82) is 0 Å². The fourth-order valence-corrected chi connectivity index (χ4v) is 0.611. The van der Waals surface area contributed by atoms with Crippen LogP contribution in [0.2, 0.25) is 0 Å². The number of pyridine rings is 1. The zero-order valence-corrected chi connectivity index (χ0v) is 6.67. The number of hydrogen-bond acceptors (Lipinski definition) is 1. The zero-order valence-electron chi connectivity index (χ0n) is 11.1. The molecule has 1 heterocycles. The molecule has 1 rings (SSSR count). The van der Waals surface area contributed by atoms with Crippen molar-refractivity contribution in [3.63, 3.8) is 0 Å². The van der Waals surface area contributed by atoms with Crippen molar-refractivity contribution in [2.75, 3.05) is 0 Å². The lowest BCUT2D eigenvalue weighted by Crippen LogP contribution is -2.06. The molecule has 1 aromatic heterocycles. The van der Waals surface area contributed by atoms with Gasteiger partial charge in [0, 0.05) is 22.7 Å². The molecule has 0 atom stereocenters. The molecule has 60 valence electrons. The van der Waals surface area contributed by atoms with Crippen LogP contribution in [0, 0.1) is 0 Å². The standard InChI is InChI=1S/C7H6BrF2N/c1-7(9,10)5-2-3-6(8)11-4-5/h2-4H,1H3/i1D3,2D,3D,4D. The van der Waals surface area contributed by atoms with E-state index in [2.05, 4.69) is 20.9 Å². The van der Waals surface area contributed by atoms with Crippen molar-refractivity contribution in [3.05, 3.63) is 28.4 Å². The number of rotatable bonds is 1. The minimum Gasteiger partial charge on any atom is -0.249 e. The van der Waals surface area contributed by atoms with E-state index in [0.717, 1.165) is 0 Å². The molecule has 0 radical (unpaired) electrons. The maximum atomic E-state index is 13.6. The van der Waals surface area contributed by atoms with Crippen molar-refractivity contribution in [3.8, 4) is 0 Å². The maximum absolute atomic E-state index is 13.6. The Kier molecular flexibility index (Phi) is 0.900. The molecular weight excluding hydrogens is 216 g/mol. The third-order valence-electron chi connectivity index (χ3n) is 0.870. The Labute approximate surface area is 80.0 Å². The number of nitrogens with zero attached hydrogens (tertiary/aromatic N) is 1. The molecule has 0 aromatic carbocycles. The smallest absolute Gasteiger partial charge is 0.249 e. The highest BCUT2D eigenvalue weighted by molar-refractivity contribution is 9.10. The summed E-state index contributed by atoms with van der Waals surface area (Å²) >= 11 is 2.72. The predicted molar refractivity (Wildman–Crippen MR) is 41.5 cm³/mol. The van der Waals surface area contributed by atoms with Gasteiger partial charge in [-0.3, -0.25) is 0 Å². The van der Waals surface area contributed by atoms with Crippen LogP contribution in [0.3, 0.4) is 0 Å². The van der Waals surface area contributed by atoms with Gasteiger partial charge in [0.05, 0.1) is 4.11 Å². The van der Waals surface area contributed by atoms with Gasteiger partial charge >= 0.3 is 0 Å². The molecule has 0 N–H and O–H groups in total. The summed E-state index contributed by atoms with van der Waals surface area (Å²) in [6.45, 7) is -3.69. The molecule has 0 aliphatic rings. The average Bonchev–Trinajstić information content (AvgIpc) is 2.12. The molecule has 0 aliphatic carbocycles. The molecule has 4 heteroatoms. The first-order chi connectivity index (χ1) is 7.50. The molecule has 0 aliphatic heterocycles. The Hall–Kier alpha value is -0.510. The SMILES string of the molecule is [2H]c1nc(Br)c([2H])c([2H])c1C(F)(F)C([2H])([2H])[2H]. The van der Waals surface area contributed by atoms with Crippen LogP contribution < -0.4 is 0 Å². The Balaban J connectivity index is 3.58. The minimum absolute atomic E-state index is 0.252. The molecule has 0 amide bonds. The van der Waals surface area contributed by atoms with E-state index in [9.17, 15) is 8.78 Å². The Morgan fingerprint density at radius 3 is 3.09 bits per heavy atom. The monoisotopic (exact) mass is 227 g/mol. The first-order valence-corrected chi connectivity index (χ1v) is 3.31. The number of alkyl halides is 2. The van der Waals surface area contributed by atoms with Crippen molar-refractivity contribution in [2.45, 2.75) is 12.8 Å². The van der Waals surface area contributed by atoms with E-state index < -0.39 is 36.6 Å². The van der Waals surface area contributed by atoms with Gasteiger partial charge < -0.3 is 0 Å². The summed E-state index contributed by atoms with van der Waals surface area (Å²) in [6, 6.07) is -1.70. The van der Waals surface area contributed by atoms with Crippen molar-refractivity contribution >= 4 is 15.9 Å². The lowest BCUT2D eigenvalue weighted by molar-refractivity contribution is 0.0171. The van der Waals surface area contributed by atoms with Crippen LogP contribution in [0.1, 0.15) is 20.6 Å². The van der Waals surface area contributed by atoms with E-state index >= 15 is 0 Å². The second-order valence-corrected chi connectivity index (χ2v) is 2.46. The third kappa shape index (κ3) is 2.22. The number of aromatic nitrogens is 1. The van der Waals surface area contributed by atoms with Crippen LogP contribution in [0.5, 0.6) is 0 Å². The van der Waals surface area contributed by atoms with Gasteiger partial charge in [-0.15, -0.1) is 0 Å². The fourth-order valence-electron chi connectivity index (χ4n) is 0.424. The molecule has 0 unspecified atom stereocenters. The largest absolute Gasteiger partial charge is 0.272 e.